The van der Waals surface area contributed by atoms with Gasteiger partial charge in [0.2, 0.25) is 5.95 Å². The number of anilines is 2. The average molecular weight is 189 g/mol. The van der Waals surface area contributed by atoms with E-state index < -0.39 is 13.0 Å². The molecule has 0 aliphatic rings. The van der Waals surface area contributed by atoms with Gasteiger partial charge in [0, 0.05) is 6.20 Å². The molecule has 72 valence electrons. The van der Waals surface area contributed by atoms with Gasteiger partial charge in [-0.2, -0.15) is 4.98 Å². The first kappa shape index (κ1) is 9.59. The highest BCUT2D eigenvalue weighted by Crippen LogP contribution is 2.04. The molecular formula is C6H9F2N5. The first-order chi connectivity index (χ1) is 6.22. The van der Waals surface area contributed by atoms with E-state index in [9.17, 15) is 8.78 Å². The van der Waals surface area contributed by atoms with Gasteiger partial charge in [-0.25, -0.2) is 19.6 Å². The number of halogens is 2. The Labute approximate surface area is 73.3 Å². The van der Waals surface area contributed by atoms with Gasteiger partial charge in [0.25, 0.3) is 6.43 Å². The summed E-state index contributed by atoms with van der Waals surface area (Å²) in [5.41, 5.74) is 2.21. The Hall–Kier alpha value is -1.50. The molecule has 13 heavy (non-hydrogen) atoms. The predicted octanol–water partition coefficient (Wildman–Crippen LogP) is 0.439. The molecule has 0 amide bonds. The van der Waals surface area contributed by atoms with Crippen LogP contribution in [0.25, 0.3) is 0 Å². The lowest BCUT2D eigenvalue weighted by atomic mass is 10.5. The van der Waals surface area contributed by atoms with Crippen LogP contribution in [0.5, 0.6) is 0 Å². The molecule has 0 fully saturated rings. The fraction of sp³-hybridized carbons (Fsp3) is 0.333. The quantitative estimate of drug-likeness (QED) is 0.473. The first-order valence-corrected chi connectivity index (χ1v) is 3.54. The minimum absolute atomic E-state index is 0.180. The SMILES string of the molecule is NNc1nccc(NCC(F)F)n1. The zero-order valence-electron chi connectivity index (χ0n) is 6.67. The van der Waals surface area contributed by atoms with Gasteiger partial charge in [-0.3, -0.25) is 5.43 Å². The third-order valence-corrected chi connectivity index (χ3v) is 1.22. The molecule has 0 saturated carbocycles. The summed E-state index contributed by atoms with van der Waals surface area (Å²) in [5.74, 6) is 5.51. The number of alkyl halides is 2. The highest BCUT2D eigenvalue weighted by molar-refractivity contribution is 5.38. The molecule has 0 saturated heterocycles. The van der Waals surface area contributed by atoms with E-state index in [2.05, 4.69) is 20.7 Å². The Morgan fingerprint density at radius 2 is 2.31 bits per heavy atom. The second kappa shape index (κ2) is 4.51. The van der Waals surface area contributed by atoms with E-state index >= 15 is 0 Å². The number of nitrogen functional groups attached to an aromatic ring is 1. The van der Waals surface area contributed by atoms with Crippen molar-refractivity contribution in [3.05, 3.63) is 12.3 Å². The fourth-order valence-electron chi connectivity index (χ4n) is 0.708. The molecule has 0 radical (unpaired) electrons. The molecule has 1 heterocycles. The van der Waals surface area contributed by atoms with Crippen molar-refractivity contribution in [1.82, 2.24) is 9.97 Å². The van der Waals surface area contributed by atoms with Crippen LogP contribution < -0.4 is 16.6 Å². The summed E-state index contributed by atoms with van der Waals surface area (Å²) in [5, 5.41) is 2.42. The lowest BCUT2D eigenvalue weighted by Gasteiger charge is -2.04. The van der Waals surface area contributed by atoms with E-state index in [1.54, 1.807) is 0 Å². The van der Waals surface area contributed by atoms with Crippen molar-refractivity contribution >= 4 is 11.8 Å². The monoisotopic (exact) mass is 189 g/mol. The Morgan fingerprint density at radius 3 is 2.92 bits per heavy atom. The van der Waals surface area contributed by atoms with Gasteiger partial charge in [-0.15, -0.1) is 0 Å². The summed E-state index contributed by atoms with van der Waals surface area (Å²) in [6.07, 6.45) is -1.00. The molecular weight excluding hydrogens is 180 g/mol. The first-order valence-electron chi connectivity index (χ1n) is 3.54. The molecule has 0 atom stereocenters. The van der Waals surface area contributed by atoms with Gasteiger partial charge < -0.3 is 5.32 Å². The fourth-order valence-corrected chi connectivity index (χ4v) is 0.708. The van der Waals surface area contributed by atoms with Crippen LogP contribution in [0.15, 0.2) is 12.3 Å². The Kier molecular flexibility index (Phi) is 3.32. The number of hydrazine groups is 1. The van der Waals surface area contributed by atoms with Crippen molar-refractivity contribution in [1.29, 1.82) is 0 Å². The molecule has 1 rings (SSSR count). The average Bonchev–Trinajstić information content (AvgIpc) is 2.15. The smallest absolute Gasteiger partial charge is 0.255 e. The standard InChI is InChI=1S/C6H9F2N5/c7-4(8)3-11-5-1-2-10-6(12-5)13-9/h1-2,4H,3,9H2,(H2,10,11,12,13). The van der Waals surface area contributed by atoms with Crippen LogP contribution in [0.3, 0.4) is 0 Å². The lowest BCUT2D eigenvalue weighted by Crippen LogP contribution is -2.14. The van der Waals surface area contributed by atoms with Crippen LogP contribution in [-0.4, -0.2) is 22.9 Å². The predicted molar refractivity (Wildman–Crippen MR) is 44.3 cm³/mol. The molecule has 0 aromatic carbocycles. The molecule has 0 spiro atoms. The summed E-state index contributed by atoms with van der Waals surface area (Å²) in [6.45, 7) is -0.443. The van der Waals surface area contributed by atoms with Crippen molar-refractivity contribution in [2.75, 3.05) is 17.3 Å². The second-order valence-corrected chi connectivity index (χ2v) is 2.18. The van der Waals surface area contributed by atoms with Gasteiger partial charge in [-0.05, 0) is 6.07 Å². The molecule has 7 heteroatoms. The largest absolute Gasteiger partial charge is 0.364 e. The van der Waals surface area contributed by atoms with E-state index in [1.165, 1.54) is 12.3 Å². The molecule has 5 nitrogen and oxygen atoms in total. The third-order valence-electron chi connectivity index (χ3n) is 1.22. The van der Waals surface area contributed by atoms with Crippen LogP contribution in [-0.2, 0) is 0 Å². The highest BCUT2D eigenvalue weighted by atomic mass is 19.3. The number of rotatable bonds is 4. The van der Waals surface area contributed by atoms with Crippen molar-refractivity contribution in [3.63, 3.8) is 0 Å². The van der Waals surface area contributed by atoms with Gasteiger partial charge in [-0.1, -0.05) is 0 Å². The Bertz CT molecular complexity index is 267. The molecule has 1 aromatic heterocycles. The zero-order chi connectivity index (χ0) is 9.68. The number of hydrogen-bond acceptors (Lipinski definition) is 5. The van der Waals surface area contributed by atoms with Crippen LogP contribution in [0.4, 0.5) is 20.5 Å². The number of hydrogen-bond donors (Lipinski definition) is 3. The van der Waals surface area contributed by atoms with Crippen molar-refractivity contribution in [2.45, 2.75) is 6.43 Å². The molecule has 1 aromatic rings. The zero-order valence-corrected chi connectivity index (χ0v) is 6.67. The van der Waals surface area contributed by atoms with Gasteiger partial charge in [0.1, 0.15) is 5.82 Å². The van der Waals surface area contributed by atoms with E-state index in [0.29, 0.717) is 5.82 Å². The van der Waals surface area contributed by atoms with E-state index in [-0.39, 0.29) is 5.95 Å². The van der Waals surface area contributed by atoms with Crippen molar-refractivity contribution < 1.29 is 8.78 Å². The number of aromatic nitrogens is 2. The van der Waals surface area contributed by atoms with Crippen LogP contribution in [0.1, 0.15) is 0 Å². The van der Waals surface area contributed by atoms with Gasteiger partial charge in [0.15, 0.2) is 0 Å². The van der Waals surface area contributed by atoms with E-state index in [0.717, 1.165) is 0 Å². The van der Waals surface area contributed by atoms with E-state index in [1.807, 2.05) is 0 Å². The molecule has 0 bridgehead atoms. The lowest BCUT2D eigenvalue weighted by molar-refractivity contribution is 0.163. The number of nitrogens with two attached hydrogens (primary N) is 1. The van der Waals surface area contributed by atoms with Crippen LogP contribution in [0.2, 0.25) is 0 Å². The topological polar surface area (TPSA) is 75.9 Å². The van der Waals surface area contributed by atoms with Gasteiger partial charge in [0.05, 0.1) is 6.54 Å². The van der Waals surface area contributed by atoms with Crippen molar-refractivity contribution in [3.8, 4) is 0 Å². The minimum atomic E-state index is -2.41. The second-order valence-electron chi connectivity index (χ2n) is 2.18. The summed E-state index contributed by atoms with van der Waals surface area (Å²) in [4.78, 5) is 7.48. The molecule has 0 aliphatic heterocycles. The van der Waals surface area contributed by atoms with E-state index in [4.69, 9.17) is 5.84 Å². The molecule has 4 N–H and O–H groups in total. The number of nitrogens with one attached hydrogen (secondary N) is 2. The van der Waals surface area contributed by atoms with Crippen LogP contribution >= 0.6 is 0 Å². The summed E-state index contributed by atoms with van der Waals surface area (Å²) in [6, 6.07) is 1.48. The molecule has 0 aliphatic carbocycles. The Morgan fingerprint density at radius 1 is 1.54 bits per heavy atom. The summed E-state index contributed by atoms with van der Waals surface area (Å²) >= 11 is 0. The third kappa shape index (κ3) is 3.16. The highest BCUT2D eigenvalue weighted by Gasteiger charge is 2.02. The van der Waals surface area contributed by atoms with Gasteiger partial charge >= 0.3 is 0 Å². The maximum absolute atomic E-state index is 11.8. The molecule has 0 unspecified atom stereocenters. The van der Waals surface area contributed by atoms with Crippen LogP contribution in [0, 0.1) is 0 Å². The Balaban J connectivity index is 2.56. The summed E-state index contributed by atoms with van der Waals surface area (Å²) in [7, 11) is 0. The minimum Gasteiger partial charge on any atom is -0.364 e. The maximum atomic E-state index is 11.8. The maximum Gasteiger partial charge on any atom is 0.255 e. The normalized spacial score (nSPS) is 10.2. The summed E-state index contributed by atoms with van der Waals surface area (Å²) < 4.78 is 23.5. The van der Waals surface area contributed by atoms with Crippen molar-refractivity contribution in [2.24, 2.45) is 5.84 Å². The number of nitrogens with zero attached hydrogens (tertiary/aromatic N) is 2.